The number of piperidine rings is 1. The number of allylic oxidation sites excluding steroid dienone is 2. The molecule has 9 heteroatoms. The highest BCUT2D eigenvalue weighted by Crippen LogP contribution is 2.29. The fourth-order valence-corrected chi connectivity index (χ4v) is 4.96. The molecule has 1 aromatic heterocycles. The predicted octanol–water partition coefficient (Wildman–Crippen LogP) is 2.63. The van der Waals surface area contributed by atoms with Crippen molar-refractivity contribution in [1.29, 1.82) is 0 Å². The fraction of sp³-hybridized carbons (Fsp3) is 0.444. The zero-order valence-electron chi connectivity index (χ0n) is 20.4. The van der Waals surface area contributed by atoms with Crippen molar-refractivity contribution < 1.29 is 23.8 Å². The first-order valence-electron chi connectivity index (χ1n) is 12.5. The number of hydrogen-bond donors (Lipinski definition) is 2. The van der Waals surface area contributed by atoms with Crippen LogP contribution in [0.5, 0.6) is 5.75 Å². The number of rotatable bonds is 5. The van der Waals surface area contributed by atoms with Crippen LogP contribution in [0.4, 0.5) is 15.0 Å². The molecule has 2 atom stereocenters. The highest BCUT2D eigenvalue weighted by Gasteiger charge is 2.26. The van der Waals surface area contributed by atoms with E-state index < -0.39 is 11.9 Å². The van der Waals surface area contributed by atoms with Gasteiger partial charge in [0.1, 0.15) is 23.5 Å². The summed E-state index contributed by atoms with van der Waals surface area (Å²) >= 11 is 0. The second kappa shape index (κ2) is 10.7. The Bertz CT molecular complexity index is 1270. The largest absolute Gasteiger partial charge is 0.507 e. The van der Waals surface area contributed by atoms with Crippen LogP contribution in [0.2, 0.25) is 0 Å². The van der Waals surface area contributed by atoms with Gasteiger partial charge in [-0.2, -0.15) is 0 Å². The number of carbonyl (C=O) groups excluding carboxylic acids is 1. The van der Waals surface area contributed by atoms with E-state index in [4.69, 9.17) is 14.5 Å². The van der Waals surface area contributed by atoms with E-state index in [1.54, 1.807) is 0 Å². The SMILES string of the molecule is CC1=CCC=c2c(N3CCCC(CNC(=O)OC4CCOC4)C3)nc(-c3c(O)cccc3F)nc2=C1. The third-order valence-electron chi connectivity index (χ3n) is 6.81. The van der Waals surface area contributed by atoms with Gasteiger partial charge in [0.25, 0.3) is 0 Å². The maximum atomic E-state index is 14.7. The van der Waals surface area contributed by atoms with E-state index in [1.807, 2.05) is 13.0 Å². The number of aromatic nitrogens is 2. The molecule has 1 aliphatic carbocycles. The van der Waals surface area contributed by atoms with Crippen molar-refractivity contribution >= 4 is 24.1 Å². The molecule has 2 N–H and O–H groups in total. The third kappa shape index (κ3) is 5.36. The highest BCUT2D eigenvalue weighted by molar-refractivity contribution is 5.68. The maximum Gasteiger partial charge on any atom is 0.407 e. The first-order chi connectivity index (χ1) is 17.5. The van der Waals surface area contributed by atoms with Gasteiger partial charge in [0, 0.05) is 31.3 Å². The van der Waals surface area contributed by atoms with Gasteiger partial charge in [0.2, 0.25) is 0 Å². The molecule has 0 bridgehead atoms. The summed E-state index contributed by atoms with van der Waals surface area (Å²) in [5, 5.41) is 14.9. The first kappa shape index (κ1) is 24.2. The van der Waals surface area contributed by atoms with Crippen molar-refractivity contribution in [3.63, 3.8) is 0 Å². The van der Waals surface area contributed by atoms with Crippen LogP contribution in [0.15, 0.2) is 29.8 Å². The Morgan fingerprint density at radius 2 is 2.19 bits per heavy atom. The standard InChI is InChI=1S/C27H31FN4O4/c1-17-5-2-7-20-22(13-17)30-25(24-21(28)8-3-9-23(24)33)31-26(20)32-11-4-6-18(15-32)14-29-27(34)36-19-10-12-35-16-19/h3,5,7-9,13,18-19,33H,2,4,6,10-12,14-16H2,1H3,(H,29,34). The van der Waals surface area contributed by atoms with Gasteiger partial charge in [-0.1, -0.05) is 23.8 Å². The first-order valence-corrected chi connectivity index (χ1v) is 12.5. The topological polar surface area (TPSA) is 96.8 Å². The number of ether oxygens (including phenoxy) is 2. The number of alkyl carbamates (subject to hydrolysis) is 1. The molecule has 2 aromatic rings. The van der Waals surface area contributed by atoms with Crippen molar-refractivity contribution in [2.75, 3.05) is 37.7 Å². The Morgan fingerprint density at radius 3 is 3.00 bits per heavy atom. The number of aromatic hydroxyl groups is 1. The number of nitrogens with zero attached hydrogens (tertiary/aromatic N) is 3. The van der Waals surface area contributed by atoms with Gasteiger partial charge in [-0.3, -0.25) is 0 Å². The van der Waals surface area contributed by atoms with E-state index in [1.165, 1.54) is 18.2 Å². The minimum absolute atomic E-state index is 0.00491. The molecule has 2 fully saturated rings. The normalized spacial score (nSPS) is 21.5. The molecule has 3 heterocycles. The Kier molecular flexibility index (Phi) is 7.18. The molecule has 2 unspecified atom stereocenters. The summed E-state index contributed by atoms with van der Waals surface area (Å²) in [4.78, 5) is 23.8. The van der Waals surface area contributed by atoms with Gasteiger partial charge in [-0.25, -0.2) is 19.2 Å². The molecule has 2 aliphatic heterocycles. The van der Waals surface area contributed by atoms with E-state index in [0.717, 1.165) is 43.0 Å². The van der Waals surface area contributed by atoms with Gasteiger partial charge in [-0.15, -0.1) is 0 Å². The van der Waals surface area contributed by atoms with Crippen LogP contribution in [0, 0.1) is 11.7 Å². The van der Waals surface area contributed by atoms with Crippen molar-refractivity contribution in [2.45, 2.75) is 38.7 Å². The number of phenols is 1. The summed E-state index contributed by atoms with van der Waals surface area (Å²) < 4.78 is 25.4. The number of halogens is 1. The third-order valence-corrected chi connectivity index (χ3v) is 6.81. The molecule has 190 valence electrons. The van der Waals surface area contributed by atoms with E-state index >= 15 is 0 Å². The highest BCUT2D eigenvalue weighted by atomic mass is 19.1. The molecule has 8 nitrogen and oxygen atoms in total. The van der Waals surface area contributed by atoms with E-state index in [9.17, 15) is 14.3 Å². The Balaban J connectivity index is 1.42. The number of nitrogens with one attached hydrogen (secondary N) is 1. The van der Waals surface area contributed by atoms with Gasteiger partial charge < -0.3 is 24.8 Å². The lowest BCUT2D eigenvalue weighted by Gasteiger charge is -2.34. The average molecular weight is 495 g/mol. The Hall–Kier alpha value is -3.46. The number of hydrogen-bond acceptors (Lipinski definition) is 7. The summed E-state index contributed by atoms with van der Waals surface area (Å²) in [6, 6.07) is 4.19. The lowest BCUT2D eigenvalue weighted by Crippen LogP contribution is -2.45. The van der Waals surface area contributed by atoms with Gasteiger partial charge in [0.05, 0.1) is 24.1 Å². The monoisotopic (exact) mass is 494 g/mol. The molecular formula is C27H31FN4O4. The lowest BCUT2D eigenvalue weighted by molar-refractivity contribution is 0.0821. The molecule has 3 aliphatic rings. The second-order valence-corrected chi connectivity index (χ2v) is 9.56. The van der Waals surface area contributed by atoms with Crippen molar-refractivity contribution in [3.05, 3.63) is 46.2 Å². The van der Waals surface area contributed by atoms with Crippen LogP contribution in [0.1, 0.15) is 32.6 Å². The molecule has 1 aromatic carbocycles. The number of amides is 1. The lowest BCUT2D eigenvalue weighted by atomic mass is 9.98. The zero-order valence-corrected chi connectivity index (χ0v) is 20.4. The van der Waals surface area contributed by atoms with Crippen LogP contribution in [-0.4, -0.2) is 60.1 Å². The fourth-order valence-electron chi connectivity index (χ4n) is 4.96. The summed E-state index contributed by atoms with van der Waals surface area (Å²) in [6.07, 6.45) is 8.93. The number of carbonyl (C=O) groups is 1. The molecule has 36 heavy (non-hydrogen) atoms. The molecule has 5 rings (SSSR count). The molecule has 1 amide bonds. The summed E-state index contributed by atoms with van der Waals surface area (Å²) in [5.74, 6) is 0.306. The molecule has 0 spiro atoms. The maximum absolute atomic E-state index is 14.7. The minimum atomic E-state index is -0.572. The smallest absolute Gasteiger partial charge is 0.407 e. The summed E-state index contributed by atoms with van der Waals surface area (Å²) in [7, 11) is 0. The van der Waals surface area contributed by atoms with Crippen molar-refractivity contribution in [1.82, 2.24) is 15.3 Å². The van der Waals surface area contributed by atoms with Crippen LogP contribution in [0.25, 0.3) is 23.5 Å². The number of benzene rings is 1. The van der Waals surface area contributed by atoms with Crippen LogP contribution in [0.3, 0.4) is 0 Å². The van der Waals surface area contributed by atoms with Crippen molar-refractivity contribution in [3.8, 4) is 17.1 Å². The zero-order chi connectivity index (χ0) is 25.1. The minimum Gasteiger partial charge on any atom is -0.507 e. The van der Waals surface area contributed by atoms with Gasteiger partial charge in [0.15, 0.2) is 5.82 Å². The Labute approximate surface area is 209 Å². The number of anilines is 1. The van der Waals surface area contributed by atoms with E-state index in [-0.39, 0.29) is 29.2 Å². The summed E-state index contributed by atoms with van der Waals surface area (Å²) in [5.41, 5.74) is 1.06. The van der Waals surface area contributed by atoms with Gasteiger partial charge >= 0.3 is 6.09 Å². The Morgan fingerprint density at radius 1 is 1.31 bits per heavy atom. The van der Waals surface area contributed by atoms with Crippen LogP contribution in [-0.2, 0) is 9.47 Å². The van der Waals surface area contributed by atoms with Crippen molar-refractivity contribution in [2.24, 2.45) is 5.92 Å². The van der Waals surface area contributed by atoms with E-state index in [2.05, 4.69) is 27.4 Å². The number of fused-ring (bicyclic) bond motifs is 1. The molecular weight excluding hydrogens is 463 g/mol. The molecule has 2 saturated heterocycles. The van der Waals surface area contributed by atoms with Gasteiger partial charge in [-0.05, 0) is 50.3 Å². The summed E-state index contributed by atoms with van der Waals surface area (Å²) in [6.45, 7) is 5.03. The van der Waals surface area contributed by atoms with Crippen LogP contribution < -0.4 is 20.8 Å². The molecule has 0 radical (unpaired) electrons. The molecule has 0 saturated carbocycles. The van der Waals surface area contributed by atoms with E-state index in [0.29, 0.717) is 37.5 Å². The predicted molar refractivity (Wildman–Crippen MR) is 134 cm³/mol. The second-order valence-electron chi connectivity index (χ2n) is 9.56. The average Bonchev–Trinajstić information content (AvgIpc) is 3.29. The van der Waals surface area contributed by atoms with Crippen LogP contribution >= 0.6 is 0 Å². The number of phenolic OH excluding ortho intramolecular Hbond substituents is 1. The quantitative estimate of drug-likeness (QED) is 0.660.